The van der Waals surface area contributed by atoms with E-state index in [0.29, 0.717) is 6.54 Å². The highest BCUT2D eigenvalue weighted by molar-refractivity contribution is 7.12. The van der Waals surface area contributed by atoms with Crippen molar-refractivity contribution in [2.24, 2.45) is 0 Å². The topological polar surface area (TPSA) is 49.3 Å². The Labute approximate surface area is 153 Å². The minimum atomic E-state index is -0.430. The van der Waals surface area contributed by atoms with Crippen LogP contribution >= 0.6 is 11.3 Å². The van der Waals surface area contributed by atoms with Crippen molar-refractivity contribution >= 4 is 23.3 Å². The van der Waals surface area contributed by atoms with Crippen LogP contribution in [0.25, 0.3) is 6.08 Å². The number of carbonyl (C=O) groups excluding carboxylic acids is 1. The molecule has 0 radical (unpaired) electrons. The predicted octanol–water partition coefficient (Wildman–Crippen LogP) is 4.44. The van der Waals surface area contributed by atoms with Crippen LogP contribution in [0, 0.1) is 0 Å². The Balaban J connectivity index is 1.65. The third-order valence-corrected chi connectivity index (χ3v) is 6.45. The van der Waals surface area contributed by atoms with Gasteiger partial charge in [-0.25, -0.2) is 0 Å². The van der Waals surface area contributed by atoms with Crippen molar-refractivity contribution < 1.29 is 9.90 Å². The highest BCUT2D eigenvalue weighted by Crippen LogP contribution is 2.44. The van der Waals surface area contributed by atoms with E-state index in [-0.39, 0.29) is 11.3 Å². The summed E-state index contributed by atoms with van der Waals surface area (Å²) in [5, 5.41) is 12.9. The summed E-state index contributed by atoms with van der Waals surface area (Å²) in [5.74, 6) is -0.0533. The lowest BCUT2D eigenvalue weighted by Gasteiger charge is -2.28. The van der Waals surface area contributed by atoms with Crippen molar-refractivity contribution in [2.75, 3.05) is 6.54 Å². The fourth-order valence-corrected chi connectivity index (χ4v) is 4.67. The molecular formula is C21H25NO2S. The van der Waals surface area contributed by atoms with E-state index in [1.165, 1.54) is 17.7 Å². The second-order valence-corrected chi connectivity index (χ2v) is 7.94. The van der Waals surface area contributed by atoms with E-state index in [2.05, 4.69) is 11.4 Å². The second-order valence-electron chi connectivity index (χ2n) is 6.83. The molecule has 1 saturated carbocycles. The Morgan fingerprint density at radius 1 is 1.24 bits per heavy atom. The molecule has 1 aromatic carbocycles. The van der Waals surface area contributed by atoms with Gasteiger partial charge in [0, 0.05) is 27.8 Å². The fraction of sp³-hybridized carbons (Fsp3) is 0.381. The first-order valence-electron chi connectivity index (χ1n) is 8.88. The first kappa shape index (κ1) is 17.9. The highest BCUT2D eigenvalue weighted by atomic mass is 32.1. The number of amides is 1. The van der Waals surface area contributed by atoms with E-state index in [1.54, 1.807) is 24.3 Å². The standard InChI is InChI=1S/C21H25NO2S/c1-16(23)18-10-11-19(25-18)21(13-5-6-14-21)15-22-20(24)12-9-17-7-3-2-4-8-17/h2-4,7-12,16,23H,5-6,13-15H2,1H3,(H,22,24)/b12-9+/t16-/m0/s1. The fourth-order valence-electron chi connectivity index (χ4n) is 3.48. The summed E-state index contributed by atoms with van der Waals surface area (Å²) >= 11 is 1.68. The lowest BCUT2D eigenvalue weighted by atomic mass is 9.84. The number of rotatable bonds is 6. The largest absolute Gasteiger partial charge is 0.388 e. The summed E-state index contributed by atoms with van der Waals surface area (Å²) in [6.45, 7) is 2.46. The zero-order chi connectivity index (χ0) is 17.7. The second kappa shape index (κ2) is 7.98. The number of aliphatic hydroxyl groups is 1. The molecule has 0 aliphatic heterocycles. The van der Waals surface area contributed by atoms with E-state index >= 15 is 0 Å². The van der Waals surface area contributed by atoms with Crippen LogP contribution in [-0.2, 0) is 10.2 Å². The predicted molar refractivity (Wildman–Crippen MR) is 104 cm³/mol. The Morgan fingerprint density at radius 2 is 1.96 bits per heavy atom. The summed E-state index contributed by atoms with van der Waals surface area (Å²) < 4.78 is 0. The summed E-state index contributed by atoms with van der Waals surface area (Å²) in [6, 6.07) is 14.0. The van der Waals surface area contributed by atoms with Gasteiger partial charge in [-0.2, -0.15) is 0 Å². The van der Waals surface area contributed by atoms with Crippen LogP contribution in [0.3, 0.4) is 0 Å². The van der Waals surface area contributed by atoms with Gasteiger partial charge in [-0.05, 0) is 43.5 Å². The first-order chi connectivity index (χ1) is 12.1. The SMILES string of the molecule is C[C@H](O)c1ccc(C2(CNC(=O)/C=C/c3ccccc3)CCCC2)s1. The first-order valence-corrected chi connectivity index (χ1v) is 9.70. The van der Waals surface area contributed by atoms with Crippen LogP contribution in [0.15, 0.2) is 48.5 Å². The Bertz CT molecular complexity index is 727. The number of carbonyl (C=O) groups is 1. The molecule has 2 N–H and O–H groups in total. The molecule has 4 heteroatoms. The molecule has 1 aliphatic carbocycles. The quantitative estimate of drug-likeness (QED) is 0.753. The molecule has 1 amide bonds. The summed E-state index contributed by atoms with van der Waals surface area (Å²) in [7, 11) is 0. The summed E-state index contributed by atoms with van der Waals surface area (Å²) in [5.41, 5.74) is 1.04. The van der Waals surface area contributed by atoms with Crippen LogP contribution in [0.1, 0.15) is 54.0 Å². The van der Waals surface area contributed by atoms with Gasteiger partial charge in [-0.3, -0.25) is 4.79 Å². The molecule has 1 atom stereocenters. The van der Waals surface area contributed by atoms with E-state index in [0.717, 1.165) is 23.3 Å². The summed E-state index contributed by atoms with van der Waals surface area (Å²) in [4.78, 5) is 14.5. The number of aliphatic hydroxyl groups excluding tert-OH is 1. The van der Waals surface area contributed by atoms with Crippen molar-refractivity contribution in [2.45, 2.75) is 44.1 Å². The van der Waals surface area contributed by atoms with E-state index < -0.39 is 6.10 Å². The van der Waals surface area contributed by atoms with E-state index in [9.17, 15) is 9.90 Å². The van der Waals surface area contributed by atoms with Crippen molar-refractivity contribution in [1.29, 1.82) is 0 Å². The van der Waals surface area contributed by atoms with Gasteiger partial charge < -0.3 is 10.4 Å². The zero-order valence-corrected chi connectivity index (χ0v) is 15.4. The maximum absolute atomic E-state index is 12.2. The third kappa shape index (κ3) is 4.39. The number of nitrogens with one attached hydrogen (secondary N) is 1. The van der Waals surface area contributed by atoms with E-state index in [1.807, 2.05) is 42.5 Å². The van der Waals surface area contributed by atoms with Gasteiger partial charge in [-0.1, -0.05) is 43.2 Å². The van der Waals surface area contributed by atoms with Crippen LogP contribution in [0.4, 0.5) is 0 Å². The molecule has 0 bridgehead atoms. The van der Waals surface area contributed by atoms with E-state index in [4.69, 9.17) is 0 Å². The van der Waals surface area contributed by atoms with Gasteiger partial charge >= 0.3 is 0 Å². The van der Waals surface area contributed by atoms with Gasteiger partial charge in [0.1, 0.15) is 0 Å². The molecule has 132 valence electrons. The van der Waals surface area contributed by atoms with Gasteiger partial charge in [0.25, 0.3) is 0 Å². The normalized spacial score (nSPS) is 17.7. The molecule has 25 heavy (non-hydrogen) atoms. The molecule has 2 aromatic rings. The lowest BCUT2D eigenvalue weighted by Crippen LogP contribution is -2.37. The average Bonchev–Trinajstić information content (AvgIpc) is 3.29. The molecule has 0 spiro atoms. The van der Waals surface area contributed by atoms with Gasteiger partial charge in [-0.15, -0.1) is 11.3 Å². The van der Waals surface area contributed by atoms with Crippen molar-refractivity contribution in [3.8, 4) is 0 Å². The molecule has 1 aliphatic rings. The number of hydrogen-bond acceptors (Lipinski definition) is 3. The van der Waals surface area contributed by atoms with Gasteiger partial charge in [0.15, 0.2) is 0 Å². The zero-order valence-electron chi connectivity index (χ0n) is 14.6. The van der Waals surface area contributed by atoms with Crippen molar-refractivity contribution in [3.63, 3.8) is 0 Å². The Hall–Kier alpha value is -1.91. The number of thiophene rings is 1. The Morgan fingerprint density at radius 3 is 2.60 bits per heavy atom. The highest BCUT2D eigenvalue weighted by Gasteiger charge is 2.37. The van der Waals surface area contributed by atoms with Gasteiger partial charge in [0.2, 0.25) is 5.91 Å². The lowest BCUT2D eigenvalue weighted by molar-refractivity contribution is -0.116. The van der Waals surface area contributed by atoms with Crippen molar-refractivity contribution in [1.82, 2.24) is 5.32 Å². The molecular weight excluding hydrogens is 330 g/mol. The average molecular weight is 356 g/mol. The third-order valence-electron chi connectivity index (χ3n) is 4.95. The minimum Gasteiger partial charge on any atom is -0.388 e. The molecule has 1 fully saturated rings. The monoisotopic (exact) mass is 355 g/mol. The van der Waals surface area contributed by atoms with Crippen molar-refractivity contribution in [3.05, 3.63) is 63.9 Å². The van der Waals surface area contributed by atoms with Crippen LogP contribution in [-0.4, -0.2) is 17.6 Å². The number of benzene rings is 1. The van der Waals surface area contributed by atoms with Crippen LogP contribution < -0.4 is 5.32 Å². The van der Waals surface area contributed by atoms with Crippen LogP contribution in [0.5, 0.6) is 0 Å². The maximum atomic E-state index is 12.2. The molecule has 1 heterocycles. The van der Waals surface area contributed by atoms with Crippen LogP contribution in [0.2, 0.25) is 0 Å². The van der Waals surface area contributed by atoms with Gasteiger partial charge in [0.05, 0.1) is 6.10 Å². The molecule has 0 unspecified atom stereocenters. The summed E-state index contributed by atoms with van der Waals surface area (Å²) in [6.07, 6.45) is 7.59. The number of hydrogen-bond donors (Lipinski definition) is 2. The smallest absolute Gasteiger partial charge is 0.244 e. The molecule has 3 nitrogen and oxygen atoms in total. The Kier molecular flexibility index (Phi) is 5.71. The molecule has 3 rings (SSSR count). The minimum absolute atomic E-state index is 0.0219. The molecule has 1 aromatic heterocycles. The molecule has 0 saturated heterocycles. The maximum Gasteiger partial charge on any atom is 0.244 e.